The highest BCUT2D eigenvalue weighted by Gasteiger charge is 2.30. The van der Waals surface area contributed by atoms with E-state index >= 15 is 0 Å². The number of hydrogen-bond acceptors (Lipinski definition) is 6. The van der Waals surface area contributed by atoms with Crippen LogP contribution in [0.5, 0.6) is 17.2 Å². The van der Waals surface area contributed by atoms with Gasteiger partial charge in [-0.1, -0.05) is 17.7 Å². The number of nitrogens with one attached hydrogen (secondary N) is 1. The molecule has 3 aromatic rings. The summed E-state index contributed by atoms with van der Waals surface area (Å²) in [4.78, 5) is 28.1. The molecule has 0 bridgehead atoms. The average Bonchev–Trinajstić information content (AvgIpc) is 3.61. The molecule has 5 rings (SSSR count). The molecule has 1 heterocycles. The number of ether oxygens (including phenoxy) is 2. The maximum atomic E-state index is 13.1. The van der Waals surface area contributed by atoms with Crippen LogP contribution >= 0.6 is 11.6 Å². The fourth-order valence-electron chi connectivity index (χ4n) is 4.54. The van der Waals surface area contributed by atoms with Crippen LogP contribution in [0.3, 0.4) is 0 Å². The first kappa shape index (κ1) is 27.1. The Labute approximate surface area is 231 Å². The van der Waals surface area contributed by atoms with E-state index in [1.807, 2.05) is 0 Å². The number of likely N-dealkylation sites (tertiary alicyclic amines) is 1. The van der Waals surface area contributed by atoms with Crippen LogP contribution in [0.15, 0.2) is 66.7 Å². The first-order valence-corrected chi connectivity index (χ1v) is 13.5. The van der Waals surface area contributed by atoms with Crippen LogP contribution in [0.25, 0.3) is 0 Å². The molecule has 39 heavy (non-hydrogen) atoms. The number of Topliss-reactive ketones (excluding diaryl/α,β-unsaturated/α-hetero) is 1. The van der Waals surface area contributed by atoms with Crippen molar-refractivity contribution in [2.75, 3.05) is 19.6 Å². The molecule has 1 aliphatic carbocycles. The maximum absolute atomic E-state index is 13.1. The number of rotatable bonds is 11. The number of nitrogens with zero attached hydrogens (tertiary/aromatic N) is 1. The van der Waals surface area contributed by atoms with Gasteiger partial charge in [0.05, 0.1) is 17.2 Å². The van der Waals surface area contributed by atoms with Crippen LogP contribution in [0.4, 0.5) is 4.39 Å². The number of halogens is 2. The summed E-state index contributed by atoms with van der Waals surface area (Å²) in [5.41, 5.74) is 0.709. The van der Waals surface area contributed by atoms with Gasteiger partial charge >= 0.3 is 0 Å². The largest absolute Gasteiger partial charge is 0.489 e. The van der Waals surface area contributed by atoms with Gasteiger partial charge in [-0.25, -0.2) is 4.39 Å². The minimum absolute atomic E-state index is 0.179. The van der Waals surface area contributed by atoms with Gasteiger partial charge in [0.15, 0.2) is 0 Å². The number of aliphatic hydroxyl groups excluding tert-OH is 1. The van der Waals surface area contributed by atoms with E-state index in [-0.39, 0.29) is 17.5 Å². The molecule has 2 aliphatic rings. The van der Waals surface area contributed by atoms with E-state index in [9.17, 15) is 19.1 Å². The Morgan fingerprint density at radius 1 is 1.00 bits per heavy atom. The minimum Gasteiger partial charge on any atom is -0.489 e. The van der Waals surface area contributed by atoms with Crippen LogP contribution in [-0.4, -0.2) is 53.5 Å². The van der Waals surface area contributed by atoms with E-state index in [2.05, 4.69) is 10.2 Å². The first-order chi connectivity index (χ1) is 18.9. The van der Waals surface area contributed by atoms with Crippen molar-refractivity contribution in [1.29, 1.82) is 0 Å². The lowest BCUT2D eigenvalue weighted by molar-refractivity contribution is -0.118. The smallest absolute Gasteiger partial charge is 0.292 e. The molecular weight excluding hydrogens is 523 g/mol. The Bertz CT molecular complexity index is 1310. The quantitative estimate of drug-likeness (QED) is 0.248. The van der Waals surface area contributed by atoms with Crippen molar-refractivity contribution in [1.82, 2.24) is 10.2 Å². The van der Waals surface area contributed by atoms with Crippen LogP contribution in [0, 0.1) is 5.82 Å². The van der Waals surface area contributed by atoms with Gasteiger partial charge in [0.1, 0.15) is 29.2 Å². The van der Waals surface area contributed by atoms with Crippen molar-refractivity contribution in [2.45, 2.75) is 43.9 Å². The lowest BCUT2D eigenvalue weighted by Gasteiger charge is -2.28. The summed E-state index contributed by atoms with van der Waals surface area (Å²) < 4.78 is 24.6. The van der Waals surface area contributed by atoms with Gasteiger partial charge in [-0.3, -0.25) is 9.59 Å². The zero-order valence-corrected chi connectivity index (χ0v) is 22.1. The molecule has 0 spiro atoms. The van der Waals surface area contributed by atoms with Gasteiger partial charge in [-0.2, -0.15) is 0 Å². The van der Waals surface area contributed by atoms with Crippen LogP contribution < -0.4 is 14.8 Å². The van der Waals surface area contributed by atoms with Crippen LogP contribution in [0.2, 0.25) is 5.02 Å². The van der Waals surface area contributed by atoms with Gasteiger partial charge in [-0.05, 0) is 105 Å². The van der Waals surface area contributed by atoms with Gasteiger partial charge in [0.2, 0.25) is 5.78 Å². The molecule has 1 saturated heterocycles. The molecule has 3 aromatic carbocycles. The molecule has 2 atom stereocenters. The number of carbonyl (C=O) groups is 2. The number of benzene rings is 3. The van der Waals surface area contributed by atoms with E-state index in [0.29, 0.717) is 34.4 Å². The Hall–Kier alpha value is -3.46. The first-order valence-electron chi connectivity index (χ1n) is 13.1. The van der Waals surface area contributed by atoms with Gasteiger partial charge < -0.3 is 24.8 Å². The Balaban J connectivity index is 1.26. The van der Waals surface area contributed by atoms with Crippen molar-refractivity contribution in [3.05, 3.63) is 88.7 Å². The molecule has 1 aliphatic heterocycles. The molecule has 7 nitrogen and oxygen atoms in total. The lowest BCUT2D eigenvalue weighted by Crippen LogP contribution is -2.48. The van der Waals surface area contributed by atoms with Crippen molar-refractivity contribution >= 4 is 23.3 Å². The highest BCUT2D eigenvalue weighted by molar-refractivity contribution is 6.42. The normalized spacial score (nSPS) is 16.9. The molecule has 2 fully saturated rings. The van der Waals surface area contributed by atoms with Crippen LogP contribution in [0.1, 0.15) is 47.7 Å². The fourth-order valence-corrected chi connectivity index (χ4v) is 4.77. The molecular formula is C30H30ClFN2O5. The average molecular weight is 553 g/mol. The second-order valence-electron chi connectivity index (χ2n) is 9.95. The van der Waals surface area contributed by atoms with Crippen molar-refractivity contribution in [3.63, 3.8) is 0 Å². The predicted octanol–water partition coefficient (Wildman–Crippen LogP) is 5.31. The minimum atomic E-state index is -1.08. The summed E-state index contributed by atoms with van der Waals surface area (Å²) in [6, 6.07) is 16.1. The van der Waals surface area contributed by atoms with Crippen molar-refractivity contribution in [3.8, 4) is 17.2 Å². The molecule has 2 N–H and O–H groups in total. The molecule has 9 heteroatoms. The summed E-state index contributed by atoms with van der Waals surface area (Å²) >= 11 is 6.41. The van der Waals surface area contributed by atoms with E-state index in [1.54, 1.807) is 30.3 Å². The third-order valence-electron chi connectivity index (χ3n) is 6.84. The molecule has 0 unspecified atom stereocenters. The van der Waals surface area contributed by atoms with E-state index in [0.717, 1.165) is 38.8 Å². The van der Waals surface area contributed by atoms with Gasteiger partial charge in [-0.15, -0.1) is 0 Å². The van der Waals surface area contributed by atoms with Gasteiger partial charge in [0, 0.05) is 12.1 Å². The zero-order valence-electron chi connectivity index (χ0n) is 21.3. The van der Waals surface area contributed by atoms with Crippen molar-refractivity contribution < 1.29 is 28.6 Å². The summed E-state index contributed by atoms with van der Waals surface area (Å²) in [5.74, 6) is -0.466. The van der Waals surface area contributed by atoms with E-state index < -0.39 is 23.8 Å². The second-order valence-corrected chi connectivity index (χ2v) is 10.4. The van der Waals surface area contributed by atoms with Gasteiger partial charge in [0.25, 0.3) is 5.91 Å². The van der Waals surface area contributed by atoms with Crippen molar-refractivity contribution in [2.24, 2.45) is 0 Å². The van der Waals surface area contributed by atoms with E-state index in [1.165, 1.54) is 36.4 Å². The number of amides is 1. The molecule has 204 valence electrons. The summed E-state index contributed by atoms with van der Waals surface area (Å²) in [7, 11) is 0. The van der Waals surface area contributed by atoms with Crippen LogP contribution in [-0.2, 0) is 4.79 Å². The number of carbonyl (C=O) groups excluding carboxylic acids is 2. The molecule has 1 saturated carbocycles. The van der Waals surface area contributed by atoms with E-state index in [4.69, 9.17) is 21.1 Å². The summed E-state index contributed by atoms with van der Waals surface area (Å²) in [5, 5.41) is 14.4. The number of ketones is 1. The molecule has 1 amide bonds. The lowest BCUT2D eigenvalue weighted by atomic mass is 10.0. The number of hydrogen-bond donors (Lipinski definition) is 2. The number of aliphatic hydroxyl groups is 1. The Kier molecular flexibility index (Phi) is 8.45. The summed E-state index contributed by atoms with van der Waals surface area (Å²) in [6.07, 6.45) is 3.20. The Morgan fingerprint density at radius 3 is 2.26 bits per heavy atom. The molecule has 0 aromatic heterocycles. The third-order valence-corrected chi connectivity index (χ3v) is 7.13. The second kappa shape index (κ2) is 12.2. The zero-order chi connectivity index (χ0) is 27.4. The third kappa shape index (κ3) is 7.15. The highest BCUT2D eigenvalue weighted by atomic mass is 35.5. The predicted molar refractivity (Wildman–Crippen MR) is 145 cm³/mol. The SMILES string of the molecule is O=C(N[C@H](CN1CCCC1)[C@H](O)c1ccc(OC2CC2)c(Cl)c1)C(=O)c1ccc(Oc2ccc(F)cc2)cc1. The standard InChI is InChI=1S/C30H30ClFN2O5/c31-25-17-20(5-14-27(25)39-24-12-13-24)28(35)26(18-34-15-1-2-16-34)33-30(37)29(36)19-3-8-22(9-4-19)38-23-10-6-21(32)7-11-23/h3-11,14,17,24,26,28,35H,1-2,12-13,15-16,18H2,(H,33,37)/t26-,28-/m1/s1. The topological polar surface area (TPSA) is 88.1 Å². The fraction of sp³-hybridized carbons (Fsp3) is 0.333. The monoisotopic (exact) mass is 552 g/mol. The highest BCUT2D eigenvalue weighted by Crippen LogP contribution is 2.34. The maximum Gasteiger partial charge on any atom is 0.292 e. The molecule has 0 radical (unpaired) electrons. The Morgan fingerprint density at radius 2 is 1.64 bits per heavy atom. The summed E-state index contributed by atoms with van der Waals surface area (Å²) in [6.45, 7) is 2.11.